The van der Waals surface area contributed by atoms with Crippen LogP contribution in [0.25, 0.3) is 0 Å². The molecule has 2 fully saturated rings. The van der Waals surface area contributed by atoms with Crippen molar-refractivity contribution in [2.45, 2.75) is 13.3 Å². The molecule has 39 heavy (non-hydrogen) atoms. The number of rotatable bonds is 8. The van der Waals surface area contributed by atoms with Crippen LogP contribution in [-0.2, 0) is 26.5 Å². The largest absolute Gasteiger partial charge is 3.00 e. The van der Waals surface area contributed by atoms with Crippen LogP contribution < -0.4 is 30.4 Å². The minimum Gasteiger partial charge on any atom is -0.756 e. The van der Waals surface area contributed by atoms with Gasteiger partial charge in [0.15, 0.2) is 0 Å². The van der Waals surface area contributed by atoms with Gasteiger partial charge in [-0.15, -0.1) is 0 Å². The predicted molar refractivity (Wildman–Crippen MR) is 143 cm³/mol. The first-order valence-corrected chi connectivity index (χ1v) is 12.0. The summed E-state index contributed by atoms with van der Waals surface area (Å²) in [5.41, 5.74) is 2.70. The van der Waals surface area contributed by atoms with Gasteiger partial charge in [-0.1, -0.05) is 6.92 Å². The van der Waals surface area contributed by atoms with Gasteiger partial charge in [0.2, 0.25) is 35.7 Å². The van der Waals surface area contributed by atoms with E-state index in [4.69, 9.17) is 9.47 Å². The molecule has 0 atom stereocenters. The number of nitrogens with one attached hydrogen (secondary N) is 1. The Morgan fingerprint density at radius 2 is 1.15 bits per heavy atom. The van der Waals surface area contributed by atoms with Crippen molar-refractivity contribution < 1.29 is 26.5 Å². The summed E-state index contributed by atoms with van der Waals surface area (Å²) in [5, 5.41) is 39.5. The normalized spacial score (nSPS) is 15.3. The molecule has 4 rings (SSSR count). The Morgan fingerprint density at radius 1 is 0.744 bits per heavy atom. The monoisotopic (exact) mass is 590 g/mol. The number of hydrazone groups is 1. The standard InChI is InChI=1S/C11H18N7O2.C9H14N6O3.Fe/c1-3-4-12-16-9-13-10(17(2)19)15-11(14-9)18-5-7-20-8-6-18;1-13(16)7-10-8(14(2)17)12-9(11-7)15-3-5-18-6-4-15;/h4H,3,5-8H2,1-2H3,(H,13,14,15,16);3-6H2,1-2H3;/q-1;-2;+3/b12-4+;;. The number of hydrogen-bond donors (Lipinski definition) is 1. The molecule has 1 N–H and O–H groups in total. The van der Waals surface area contributed by atoms with E-state index in [0.29, 0.717) is 79.7 Å². The summed E-state index contributed by atoms with van der Waals surface area (Å²) in [6, 6.07) is 0. The molecule has 215 valence electrons. The van der Waals surface area contributed by atoms with Crippen molar-refractivity contribution in [2.24, 2.45) is 5.10 Å². The van der Waals surface area contributed by atoms with Gasteiger partial charge < -0.3 is 50.1 Å². The molecule has 2 aromatic heterocycles. The molecule has 0 aromatic carbocycles. The van der Waals surface area contributed by atoms with Gasteiger partial charge in [-0.3, -0.25) is 0 Å². The van der Waals surface area contributed by atoms with Gasteiger partial charge in [-0.05, 0) is 27.6 Å². The molecule has 2 aromatic rings. The van der Waals surface area contributed by atoms with Gasteiger partial charge in [0.05, 0.1) is 26.4 Å². The first-order chi connectivity index (χ1) is 18.3. The van der Waals surface area contributed by atoms with E-state index in [2.05, 4.69) is 40.4 Å². The van der Waals surface area contributed by atoms with E-state index >= 15 is 0 Å². The van der Waals surface area contributed by atoms with Crippen LogP contribution >= 0.6 is 0 Å². The number of nitrogens with zero attached hydrogens (tertiary/aromatic N) is 12. The van der Waals surface area contributed by atoms with E-state index in [-0.39, 0.29) is 40.9 Å². The zero-order valence-electron chi connectivity index (χ0n) is 22.2. The smallest absolute Gasteiger partial charge is 0.756 e. The van der Waals surface area contributed by atoms with Crippen LogP contribution in [0, 0.1) is 15.6 Å². The van der Waals surface area contributed by atoms with Crippen molar-refractivity contribution in [2.75, 3.05) is 104 Å². The molecule has 0 bridgehead atoms. The number of anilines is 6. The average molecular weight is 590 g/mol. The van der Waals surface area contributed by atoms with Crippen LogP contribution in [0.4, 0.5) is 35.7 Å². The zero-order chi connectivity index (χ0) is 27.5. The Morgan fingerprint density at radius 3 is 1.56 bits per heavy atom. The Labute approximate surface area is 236 Å². The molecule has 2 aliphatic rings. The van der Waals surface area contributed by atoms with Crippen molar-refractivity contribution in [3.8, 4) is 0 Å². The molecule has 0 aliphatic carbocycles. The van der Waals surface area contributed by atoms with Crippen molar-refractivity contribution in [1.29, 1.82) is 0 Å². The second-order valence-electron chi connectivity index (χ2n) is 8.02. The van der Waals surface area contributed by atoms with Crippen LogP contribution in [0.2, 0.25) is 0 Å². The Bertz CT molecular complexity index is 1010. The molecule has 0 unspecified atom stereocenters. The van der Waals surface area contributed by atoms with Crippen molar-refractivity contribution in [3.05, 3.63) is 15.6 Å². The van der Waals surface area contributed by atoms with E-state index in [1.54, 1.807) is 6.21 Å². The van der Waals surface area contributed by atoms with Crippen LogP contribution in [-0.4, -0.2) is 110 Å². The first-order valence-electron chi connectivity index (χ1n) is 12.0. The summed E-state index contributed by atoms with van der Waals surface area (Å²) in [7, 11) is 3.89. The second-order valence-corrected chi connectivity index (χ2v) is 8.02. The fourth-order valence-electron chi connectivity index (χ4n) is 3.17. The number of aromatic nitrogens is 6. The molecule has 4 heterocycles. The number of morpholine rings is 2. The van der Waals surface area contributed by atoms with Gasteiger partial charge in [0.1, 0.15) is 0 Å². The van der Waals surface area contributed by atoms with Crippen molar-refractivity contribution in [3.63, 3.8) is 0 Å². The Hall–Kier alpha value is -3.19. The summed E-state index contributed by atoms with van der Waals surface area (Å²) >= 11 is 0. The third-order valence-electron chi connectivity index (χ3n) is 5.08. The van der Waals surface area contributed by atoms with Crippen LogP contribution in [0.5, 0.6) is 0 Å². The summed E-state index contributed by atoms with van der Waals surface area (Å²) in [6.45, 7) is 6.94. The minimum absolute atomic E-state index is 0. The van der Waals surface area contributed by atoms with Gasteiger partial charge >= 0.3 is 17.1 Å². The summed E-state index contributed by atoms with van der Waals surface area (Å²) < 4.78 is 10.5. The van der Waals surface area contributed by atoms with E-state index in [0.717, 1.165) is 6.42 Å². The predicted octanol–water partition coefficient (Wildman–Crippen LogP) is 0.0236. The quantitative estimate of drug-likeness (QED) is 0.244. The summed E-state index contributed by atoms with van der Waals surface area (Å²) in [5.74, 6) is 0.923. The maximum atomic E-state index is 11.4. The van der Waals surface area contributed by atoms with E-state index in [9.17, 15) is 15.6 Å². The Balaban J connectivity index is 0.000000268. The third kappa shape index (κ3) is 9.81. The van der Waals surface area contributed by atoms with Gasteiger partial charge in [0.25, 0.3) is 0 Å². The van der Waals surface area contributed by atoms with E-state index < -0.39 is 0 Å². The average Bonchev–Trinajstić information content (AvgIpc) is 2.94. The maximum absolute atomic E-state index is 11.4. The molecular weight excluding hydrogens is 558 g/mol. The number of hydrogen-bond acceptors (Lipinski definition) is 18. The maximum Gasteiger partial charge on any atom is 3.00 e. The van der Waals surface area contributed by atoms with Gasteiger partial charge in [-0.2, -0.15) is 35.0 Å². The SMILES string of the molecule is CC/C=N/Nc1nc(N(C)[O-])nc(N2CCOCC2)n1.CN([O-])c1nc(N(C)[O-])nc(N2CCOCC2)n1.[Fe+3]. The van der Waals surface area contributed by atoms with E-state index in [1.807, 2.05) is 16.7 Å². The molecule has 1 radical (unpaired) electrons. The Kier molecular flexibility index (Phi) is 13.2. The van der Waals surface area contributed by atoms with Crippen molar-refractivity contribution >= 4 is 41.9 Å². The van der Waals surface area contributed by atoms with Crippen LogP contribution in [0.15, 0.2) is 5.10 Å². The minimum atomic E-state index is -0.0795. The summed E-state index contributed by atoms with van der Waals surface area (Å²) in [4.78, 5) is 28.1. The van der Waals surface area contributed by atoms with Crippen LogP contribution in [0.3, 0.4) is 0 Å². The van der Waals surface area contributed by atoms with Gasteiger partial charge in [0, 0.05) is 32.4 Å². The molecule has 19 heteroatoms. The molecular formula is C20H32FeN13O5. The fourth-order valence-corrected chi connectivity index (χ4v) is 3.17. The van der Waals surface area contributed by atoms with Gasteiger partial charge in [-0.25, -0.2) is 5.43 Å². The molecule has 18 nitrogen and oxygen atoms in total. The first kappa shape index (κ1) is 32.0. The number of ether oxygens (including phenoxy) is 2. The molecule has 2 saturated heterocycles. The zero-order valence-corrected chi connectivity index (χ0v) is 23.3. The second kappa shape index (κ2) is 16.0. The fraction of sp³-hybridized carbons (Fsp3) is 0.650. The molecule has 0 spiro atoms. The topological polar surface area (TPSA) is 206 Å². The van der Waals surface area contributed by atoms with Crippen molar-refractivity contribution in [1.82, 2.24) is 29.9 Å². The molecule has 2 aliphatic heterocycles. The molecule has 0 amide bonds. The van der Waals surface area contributed by atoms with Crippen LogP contribution in [0.1, 0.15) is 13.3 Å². The van der Waals surface area contributed by atoms with E-state index in [1.165, 1.54) is 21.1 Å². The third-order valence-corrected chi connectivity index (χ3v) is 5.08. The number of hydroxylamine groups is 3. The summed E-state index contributed by atoms with van der Waals surface area (Å²) in [6.07, 6.45) is 2.49. The molecule has 0 saturated carbocycles.